The molecule has 2 aromatic rings. The smallest absolute Gasteiger partial charge is 0.332 e. The van der Waals surface area contributed by atoms with Gasteiger partial charge in [-0.3, -0.25) is 24.3 Å². The van der Waals surface area contributed by atoms with Crippen molar-refractivity contribution in [3.63, 3.8) is 0 Å². The summed E-state index contributed by atoms with van der Waals surface area (Å²) in [7, 11) is 0. The number of rotatable bonds is 7. The number of thiophene rings is 1. The Bertz CT molecular complexity index is 984. The van der Waals surface area contributed by atoms with E-state index in [9.17, 15) is 14.4 Å². The first-order valence-electron chi connectivity index (χ1n) is 11.6. The number of aryl methyl sites for hydroxylation is 1. The number of nitrogens with zero attached hydrogens (tertiary/aromatic N) is 3. The number of carbonyl (C=O) groups excluding carboxylic acids is 3. The number of anilines is 1. The van der Waals surface area contributed by atoms with Crippen LogP contribution < -0.4 is 10.2 Å². The molecule has 0 radical (unpaired) electrons. The van der Waals surface area contributed by atoms with Crippen LogP contribution in [0.3, 0.4) is 0 Å². The molecular formula is C25H32N4O3S. The van der Waals surface area contributed by atoms with Gasteiger partial charge in [-0.1, -0.05) is 30.7 Å². The van der Waals surface area contributed by atoms with Gasteiger partial charge < -0.3 is 5.32 Å². The van der Waals surface area contributed by atoms with Crippen LogP contribution in [-0.2, 0) is 9.59 Å². The predicted octanol–water partition coefficient (Wildman–Crippen LogP) is 3.80. The zero-order chi connectivity index (χ0) is 23.5. The summed E-state index contributed by atoms with van der Waals surface area (Å²) in [6.45, 7) is 8.15. The van der Waals surface area contributed by atoms with Crippen LogP contribution in [0.1, 0.15) is 43.2 Å². The Morgan fingerprint density at radius 3 is 2.45 bits per heavy atom. The number of carbonyl (C=O) groups is 3. The Kier molecular flexibility index (Phi) is 7.14. The van der Waals surface area contributed by atoms with Crippen molar-refractivity contribution in [2.45, 2.75) is 45.7 Å². The summed E-state index contributed by atoms with van der Waals surface area (Å²) in [6.07, 6.45) is 2.30. The summed E-state index contributed by atoms with van der Waals surface area (Å²) in [5, 5.41) is 5.04. The summed E-state index contributed by atoms with van der Waals surface area (Å²) in [5.41, 5.74) is 1.73. The molecule has 2 aliphatic heterocycles. The van der Waals surface area contributed by atoms with Gasteiger partial charge >= 0.3 is 6.03 Å². The summed E-state index contributed by atoms with van der Waals surface area (Å²) < 4.78 is 0. The van der Waals surface area contributed by atoms with Crippen molar-refractivity contribution in [1.82, 2.24) is 15.1 Å². The van der Waals surface area contributed by atoms with Gasteiger partial charge in [-0.2, -0.15) is 0 Å². The van der Waals surface area contributed by atoms with Gasteiger partial charge in [0.25, 0.3) is 5.91 Å². The zero-order valence-corrected chi connectivity index (χ0v) is 20.3. The van der Waals surface area contributed by atoms with Crippen molar-refractivity contribution in [3.8, 4) is 0 Å². The first-order chi connectivity index (χ1) is 15.8. The third kappa shape index (κ3) is 5.12. The van der Waals surface area contributed by atoms with E-state index in [0.717, 1.165) is 42.3 Å². The maximum absolute atomic E-state index is 13.0. The molecule has 176 valence electrons. The van der Waals surface area contributed by atoms with Crippen molar-refractivity contribution >= 4 is 34.9 Å². The quantitative estimate of drug-likeness (QED) is 0.628. The van der Waals surface area contributed by atoms with Gasteiger partial charge in [0.2, 0.25) is 5.91 Å². The second-order valence-electron chi connectivity index (χ2n) is 9.14. The molecule has 1 aromatic carbocycles. The Labute approximate surface area is 199 Å². The Morgan fingerprint density at radius 1 is 1.12 bits per heavy atom. The largest absolute Gasteiger partial charge is 0.353 e. The summed E-state index contributed by atoms with van der Waals surface area (Å²) >= 11 is 1.69. The molecule has 4 rings (SSSR count). The van der Waals surface area contributed by atoms with Gasteiger partial charge in [0, 0.05) is 17.1 Å². The molecule has 1 N–H and O–H groups in total. The molecule has 33 heavy (non-hydrogen) atoms. The molecular weight excluding hydrogens is 436 g/mol. The van der Waals surface area contributed by atoms with Crippen molar-refractivity contribution in [1.29, 1.82) is 0 Å². The van der Waals surface area contributed by atoms with E-state index in [1.807, 2.05) is 37.3 Å². The second kappa shape index (κ2) is 10.1. The van der Waals surface area contributed by atoms with Gasteiger partial charge in [-0.05, 0) is 69.3 Å². The molecule has 8 heteroatoms. The highest BCUT2D eigenvalue weighted by atomic mass is 32.1. The lowest BCUT2D eigenvalue weighted by molar-refractivity contribution is -0.132. The molecule has 0 unspecified atom stereocenters. The van der Waals surface area contributed by atoms with Crippen LogP contribution in [0.25, 0.3) is 0 Å². The third-order valence-corrected chi connectivity index (χ3v) is 7.66. The zero-order valence-electron chi connectivity index (χ0n) is 19.5. The van der Waals surface area contributed by atoms with Gasteiger partial charge in [-0.25, -0.2) is 4.79 Å². The highest BCUT2D eigenvalue weighted by Crippen LogP contribution is 2.29. The maximum Gasteiger partial charge on any atom is 0.332 e. The van der Waals surface area contributed by atoms with Crippen molar-refractivity contribution in [2.75, 3.05) is 31.1 Å². The highest BCUT2D eigenvalue weighted by Gasteiger charge is 2.44. The van der Waals surface area contributed by atoms with Gasteiger partial charge in [0.1, 0.15) is 12.6 Å². The number of imide groups is 1. The SMILES string of the molecule is Cc1ccc(N2C(=O)N(CC(=O)NC[C@@H](c3cccs3)N3CCC(C)CC3)C(=O)[C@@H]2C)cc1. The standard InChI is InChI=1S/C25H32N4O3S/c1-17-6-8-20(9-7-17)29-19(3)24(31)28(25(29)32)16-23(30)26-15-21(22-5-4-14-33-22)27-12-10-18(2)11-13-27/h4-9,14,18-19,21H,10-13,15-16H2,1-3H3,(H,26,30)/t19-,21-/m0/s1. The minimum Gasteiger partial charge on any atom is -0.353 e. The predicted molar refractivity (Wildman–Crippen MR) is 130 cm³/mol. The molecule has 0 saturated carbocycles. The van der Waals surface area contributed by atoms with Crippen LogP contribution in [0, 0.1) is 12.8 Å². The first-order valence-corrected chi connectivity index (χ1v) is 12.5. The Hall–Kier alpha value is -2.71. The fourth-order valence-electron chi connectivity index (χ4n) is 4.55. The van der Waals surface area contributed by atoms with Crippen LogP contribution in [-0.4, -0.2) is 59.9 Å². The molecule has 7 nitrogen and oxygen atoms in total. The lowest BCUT2D eigenvalue weighted by atomic mass is 9.97. The number of urea groups is 1. The van der Waals surface area contributed by atoms with Gasteiger partial charge in [0.15, 0.2) is 0 Å². The minimum absolute atomic E-state index is 0.106. The second-order valence-corrected chi connectivity index (χ2v) is 10.1. The Morgan fingerprint density at radius 2 is 1.82 bits per heavy atom. The van der Waals surface area contributed by atoms with E-state index < -0.39 is 12.1 Å². The minimum atomic E-state index is -0.637. The molecule has 3 heterocycles. The fourth-order valence-corrected chi connectivity index (χ4v) is 5.41. The van der Waals surface area contributed by atoms with Crippen LogP contribution in [0.2, 0.25) is 0 Å². The maximum atomic E-state index is 13.0. The number of piperidine rings is 1. The van der Waals surface area contributed by atoms with Crippen LogP contribution >= 0.6 is 11.3 Å². The average Bonchev–Trinajstić information content (AvgIpc) is 3.40. The monoisotopic (exact) mass is 468 g/mol. The molecule has 2 aliphatic rings. The van der Waals surface area contributed by atoms with E-state index in [2.05, 4.69) is 28.6 Å². The molecule has 2 atom stereocenters. The van der Waals surface area contributed by atoms with Gasteiger partial charge in [-0.15, -0.1) is 11.3 Å². The lowest BCUT2D eigenvalue weighted by Gasteiger charge is -2.36. The summed E-state index contributed by atoms with van der Waals surface area (Å²) in [6, 6.07) is 10.6. The van der Waals surface area contributed by atoms with E-state index in [0.29, 0.717) is 12.2 Å². The van der Waals surface area contributed by atoms with E-state index in [1.165, 1.54) is 9.78 Å². The van der Waals surface area contributed by atoms with E-state index in [1.54, 1.807) is 18.3 Å². The number of benzene rings is 1. The van der Waals surface area contributed by atoms with Gasteiger partial charge in [0.05, 0.1) is 6.04 Å². The van der Waals surface area contributed by atoms with Crippen LogP contribution in [0.5, 0.6) is 0 Å². The number of nitrogens with one attached hydrogen (secondary N) is 1. The van der Waals surface area contributed by atoms with Crippen LogP contribution in [0.15, 0.2) is 41.8 Å². The summed E-state index contributed by atoms with van der Waals surface area (Å²) in [4.78, 5) is 44.7. The van der Waals surface area contributed by atoms with E-state index in [-0.39, 0.29) is 24.4 Å². The normalized spacial score (nSPS) is 21.0. The topological polar surface area (TPSA) is 73.0 Å². The Balaban J connectivity index is 1.39. The molecule has 2 fully saturated rings. The van der Waals surface area contributed by atoms with Crippen LogP contribution in [0.4, 0.5) is 10.5 Å². The van der Waals surface area contributed by atoms with E-state index >= 15 is 0 Å². The fraction of sp³-hybridized carbons (Fsp3) is 0.480. The first kappa shape index (κ1) is 23.4. The average molecular weight is 469 g/mol. The van der Waals surface area contributed by atoms with Crippen molar-refractivity contribution in [2.24, 2.45) is 5.92 Å². The molecule has 0 bridgehead atoms. The number of hydrogen-bond acceptors (Lipinski definition) is 5. The van der Waals surface area contributed by atoms with Crippen molar-refractivity contribution < 1.29 is 14.4 Å². The van der Waals surface area contributed by atoms with E-state index in [4.69, 9.17) is 0 Å². The van der Waals surface area contributed by atoms with Crippen molar-refractivity contribution in [3.05, 3.63) is 52.2 Å². The number of amides is 4. The molecule has 4 amide bonds. The third-order valence-electron chi connectivity index (χ3n) is 6.68. The lowest BCUT2D eigenvalue weighted by Crippen LogP contribution is -2.45. The number of likely N-dealkylation sites (tertiary alicyclic amines) is 1. The number of hydrogen-bond donors (Lipinski definition) is 1. The molecule has 1 aromatic heterocycles. The summed E-state index contributed by atoms with van der Waals surface area (Å²) in [5.74, 6) is 0.0580. The highest BCUT2D eigenvalue weighted by molar-refractivity contribution is 7.10. The molecule has 2 saturated heterocycles. The molecule has 0 spiro atoms. The molecule has 0 aliphatic carbocycles.